The van der Waals surface area contributed by atoms with Crippen LogP contribution in [-0.2, 0) is 11.3 Å². The summed E-state index contributed by atoms with van der Waals surface area (Å²) in [6, 6.07) is 5.67. The zero-order valence-corrected chi connectivity index (χ0v) is 10.9. The van der Waals surface area contributed by atoms with Crippen LogP contribution in [0.25, 0.3) is 5.65 Å². The van der Waals surface area contributed by atoms with Crippen molar-refractivity contribution in [1.29, 1.82) is 0 Å². The maximum atomic E-state index is 11.5. The monoisotopic (exact) mass is 271 g/mol. The van der Waals surface area contributed by atoms with Crippen LogP contribution >= 0.6 is 0 Å². The molecule has 0 aliphatic rings. The number of hydrogen-bond donors (Lipinski definition) is 0. The van der Waals surface area contributed by atoms with Gasteiger partial charge in [-0.05, 0) is 19.1 Å². The first-order valence-corrected chi connectivity index (χ1v) is 6.26. The SMILES string of the molecule is CCOC(=O)c1cnn(Cc2nc3ccccn3n2)c1. The average Bonchev–Trinajstić information content (AvgIpc) is 3.05. The fourth-order valence-corrected chi connectivity index (χ4v) is 1.86. The molecular weight excluding hydrogens is 258 g/mol. The van der Waals surface area contributed by atoms with E-state index in [-0.39, 0.29) is 5.97 Å². The van der Waals surface area contributed by atoms with Crippen molar-refractivity contribution in [2.75, 3.05) is 6.61 Å². The van der Waals surface area contributed by atoms with E-state index in [1.807, 2.05) is 24.4 Å². The Morgan fingerprint density at radius 3 is 3.10 bits per heavy atom. The van der Waals surface area contributed by atoms with Crippen LogP contribution in [0.4, 0.5) is 0 Å². The van der Waals surface area contributed by atoms with E-state index in [1.165, 1.54) is 6.20 Å². The third-order valence-electron chi connectivity index (χ3n) is 2.73. The van der Waals surface area contributed by atoms with Gasteiger partial charge in [-0.1, -0.05) is 6.07 Å². The van der Waals surface area contributed by atoms with Gasteiger partial charge in [-0.2, -0.15) is 5.10 Å². The first-order chi connectivity index (χ1) is 9.76. The summed E-state index contributed by atoms with van der Waals surface area (Å²) < 4.78 is 8.22. The topological polar surface area (TPSA) is 74.3 Å². The van der Waals surface area contributed by atoms with Crippen molar-refractivity contribution in [3.8, 4) is 0 Å². The summed E-state index contributed by atoms with van der Waals surface area (Å²) in [6.07, 6.45) is 4.94. The van der Waals surface area contributed by atoms with Gasteiger partial charge in [0.25, 0.3) is 0 Å². The van der Waals surface area contributed by atoms with Gasteiger partial charge in [-0.25, -0.2) is 14.3 Å². The van der Waals surface area contributed by atoms with Gasteiger partial charge >= 0.3 is 5.97 Å². The molecule has 0 amide bonds. The summed E-state index contributed by atoms with van der Waals surface area (Å²) in [7, 11) is 0. The number of ether oxygens (including phenoxy) is 1. The van der Waals surface area contributed by atoms with Crippen LogP contribution in [-0.4, -0.2) is 37.0 Å². The van der Waals surface area contributed by atoms with Crippen LogP contribution in [0.5, 0.6) is 0 Å². The van der Waals surface area contributed by atoms with Crippen LogP contribution in [0.3, 0.4) is 0 Å². The highest BCUT2D eigenvalue weighted by atomic mass is 16.5. The summed E-state index contributed by atoms with van der Waals surface area (Å²) >= 11 is 0. The van der Waals surface area contributed by atoms with E-state index in [0.717, 1.165) is 5.65 Å². The van der Waals surface area contributed by atoms with Crippen LogP contribution < -0.4 is 0 Å². The number of hydrogen-bond acceptors (Lipinski definition) is 5. The average molecular weight is 271 g/mol. The Bertz CT molecular complexity index is 713. The quantitative estimate of drug-likeness (QED) is 0.665. The molecule has 0 spiro atoms. The molecule has 0 radical (unpaired) electrons. The zero-order valence-electron chi connectivity index (χ0n) is 10.9. The summed E-state index contributed by atoms with van der Waals surface area (Å²) in [5.41, 5.74) is 1.20. The summed E-state index contributed by atoms with van der Waals surface area (Å²) in [5, 5.41) is 8.44. The number of carbonyl (C=O) groups excluding carboxylic acids is 1. The lowest BCUT2D eigenvalue weighted by atomic mass is 10.4. The third-order valence-corrected chi connectivity index (χ3v) is 2.73. The molecule has 0 atom stereocenters. The number of carbonyl (C=O) groups is 1. The number of nitrogens with zero attached hydrogens (tertiary/aromatic N) is 5. The maximum Gasteiger partial charge on any atom is 0.341 e. The van der Waals surface area contributed by atoms with Gasteiger partial charge in [-0.15, -0.1) is 5.10 Å². The molecule has 0 N–H and O–H groups in total. The molecule has 0 fully saturated rings. The summed E-state index contributed by atoms with van der Waals surface area (Å²) in [5.74, 6) is 0.261. The molecule has 0 aromatic carbocycles. The van der Waals surface area contributed by atoms with E-state index in [1.54, 1.807) is 22.3 Å². The highest BCUT2D eigenvalue weighted by Gasteiger charge is 2.10. The van der Waals surface area contributed by atoms with Crippen molar-refractivity contribution in [2.24, 2.45) is 0 Å². The second-order valence-electron chi connectivity index (χ2n) is 4.18. The normalized spacial score (nSPS) is 10.8. The fraction of sp³-hybridized carbons (Fsp3) is 0.231. The van der Waals surface area contributed by atoms with Gasteiger partial charge in [0.15, 0.2) is 11.5 Å². The maximum absolute atomic E-state index is 11.5. The Balaban J connectivity index is 1.79. The number of esters is 1. The zero-order chi connectivity index (χ0) is 13.9. The van der Waals surface area contributed by atoms with Crippen LogP contribution in [0, 0.1) is 0 Å². The first-order valence-electron chi connectivity index (χ1n) is 6.26. The van der Waals surface area contributed by atoms with E-state index < -0.39 is 0 Å². The van der Waals surface area contributed by atoms with Gasteiger partial charge in [0.2, 0.25) is 0 Å². The molecule has 7 heteroatoms. The van der Waals surface area contributed by atoms with Crippen LogP contribution in [0.2, 0.25) is 0 Å². The smallest absolute Gasteiger partial charge is 0.341 e. The fourth-order valence-electron chi connectivity index (χ4n) is 1.86. The largest absolute Gasteiger partial charge is 0.462 e. The Morgan fingerprint density at radius 1 is 1.40 bits per heavy atom. The van der Waals surface area contributed by atoms with Gasteiger partial charge in [-0.3, -0.25) is 4.68 Å². The van der Waals surface area contributed by atoms with E-state index in [9.17, 15) is 4.79 Å². The Kier molecular flexibility index (Phi) is 3.16. The predicted molar refractivity (Wildman–Crippen MR) is 70.3 cm³/mol. The molecule has 7 nitrogen and oxygen atoms in total. The lowest BCUT2D eigenvalue weighted by molar-refractivity contribution is 0.0526. The first kappa shape index (κ1) is 12.3. The van der Waals surface area contributed by atoms with Crippen molar-refractivity contribution in [3.05, 3.63) is 48.2 Å². The molecule has 0 unspecified atom stereocenters. The molecular formula is C13H13N5O2. The lowest BCUT2D eigenvalue weighted by Gasteiger charge is -1.97. The minimum absolute atomic E-state index is 0.345. The molecule has 0 aliphatic carbocycles. The number of pyridine rings is 1. The van der Waals surface area contributed by atoms with Gasteiger partial charge in [0, 0.05) is 12.4 Å². The highest BCUT2D eigenvalue weighted by molar-refractivity contribution is 5.88. The van der Waals surface area contributed by atoms with Gasteiger partial charge in [0.1, 0.15) is 6.54 Å². The van der Waals surface area contributed by atoms with E-state index in [4.69, 9.17) is 4.74 Å². The minimum Gasteiger partial charge on any atom is -0.462 e. The summed E-state index contributed by atoms with van der Waals surface area (Å²) in [4.78, 5) is 15.9. The Labute approximate surface area is 114 Å². The second kappa shape index (κ2) is 5.12. The van der Waals surface area contributed by atoms with Crippen molar-refractivity contribution < 1.29 is 9.53 Å². The van der Waals surface area contributed by atoms with Crippen LogP contribution in [0.15, 0.2) is 36.8 Å². The Morgan fingerprint density at radius 2 is 2.30 bits per heavy atom. The molecule has 0 aliphatic heterocycles. The van der Waals surface area contributed by atoms with Crippen LogP contribution in [0.1, 0.15) is 23.1 Å². The van der Waals surface area contributed by atoms with Crippen molar-refractivity contribution in [3.63, 3.8) is 0 Å². The molecule has 0 bridgehead atoms. The van der Waals surface area contributed by atoms with Gasteiger partial charge < -0.3 is 4.74 Å². The predicted octanol–water partition coefficient (Wildman–Crippen LogP) is 1.15. The third kappa shape index (κ3) is 2.37. The number of aromatic nitrogens is 5. The second-order valence-corrected chi connectivity index (χ2v) is 4.18. The minimum atomic E-state index is -0.373. The molecule has 3 rings (SSSR count). The van der Waals surface area contributed by atoms with Crippen molar-refractivity contribution in [1.82, 2.24) is 24.4 Å². The Hall–Kier alpha value is -2.70. The lowest BCUT2D eigenvalue weighted by Crippen LogP contribution is -2.04. The van der Waals surface area contributed by atoms with Gasteiger partial charge in [0.05, 0.1) is 18.4 Å². The van der Waals surface area contributed by atoms with E-state index in [2.05, 4.69) is 15.2 Å². The number of fused-ring (bicyclic) bond motifs is 1. The van der Waals surface area contributed by atoms with Crippen molar-refractivity contribution in [2.45, 2.75) is 13.5 Å². The molecule has 3 aromatic heterocycles. The molecule has 0 saturated carbocycles. The van der Waals surface area contributed by atoms with Crippen molar-refractivity contribution >= 4 is 11.6 Å². The summed E-state index contributed by atoms with van der Waals surface area (Å²) in [6.45, 7) is 2.52. The molecule has 3 heterocycles. The van der Waals surface area contributed by atoms with E-state index in [0.29, 0.717) is 24.5 Å². The number of rotatable bonds is 4. The molecule has 3 aromatic rings. The van der Waals surface area contributed by atoms with E-state index >= 15 is 0 Å². The molecule has 0 saturated heterocycles. The standard InChI is InChI=1S/C13H13N5O2/c1-2-20-13(19)10-7-14-17(8-10)9-11-15-12-5-3-4-6-18(12)16-11/h3-8H,2,9H2,1H3. The molecule has 102 valence electrons. The highest BCUT2D eigenvalue weighted by Crippen LogP contribution is 2.05. The molecule has 20 heavy (non-hydrogen) atoms.